The molecule has 1 aromatic heterocycles. The van der Waals surface area contributed by atoms with Crippen LogP contribution in [0.5, 0.6) is 5.75 Å². The molecule has 0 saturated heterocycles. The average Bonchev–Trinajstić information content (AvgIpc) is 3.29. The Balaban J connectivity index is 1.31. The maximum Gasteiger partial charge on any atom is 0.262 e. The van der Waals surface area contributed by atoms with E-state index in [0.717, 1.165) is 22.5 Å². The first-order chi connectivity index (χ1) is 13.8. The molecular formula is C23H19N3O2. The second-order valence-corrected chi connectivity index (χ2v) is 6.22. The minimum atomic E-state index is -0.205. The highest BCUT2D eigenvalue weighted by molar-refractivity contribution is 5.92. The second kappa shape index (κ2) is 8.22. The fourth-order valence-corrected chi connectivity index (χ4v) is 2.84. The zero-order valence-corrected chi connectivity index (χ0v) is 15.2. The number of anilines is 1. The first-order valence-electron chi connectivity index (χ1n) is 8.96. The van der Waals surface area contributed by atoms with Gasteiger partial charge in [-0.15, -0.1) is 0 Å². The van der Waals surface area contributed by atoms with Gasteiger partial charge in [0.2, 0.25) is 0 Å². The number of nitrogens with one attached hydrogen (secondary N) is 1. The molecule has 4 rings (SSSR count). The fourth-order valence-electron chi connectivity index (χ4n) is 2.84. The van der Waals surface area contributed by atoms with E-state index >= 15 is 0 Å². The van der Waals surface area contributed by atoms with Crippen LogP contribution in [-0.2, 0) is 4.79 Å². The van der Waals surface area contributed by atoms with Gasteiger partial charge in [-0.05, 0) is 53.6 Å². The van der Waals surface area contributed by atoms with E-state index in [1.54, 1.807) is 10.9 Å². The first kappa shape index (κ1) is 17.5. The van der Waals surface area contributed by atoms with Crippen LogP contribution < -0.4 is 10.1 Å². The van der Waals surface area contributed by atoms with Gasteiger partial charge < -0.3 is 10.1 Å². The predicted octanol–water partition coefficient (Wildman–Crippen LogP) is 4.56. The maximum absolute atomic E-state index is 12.1. The van der Waals surface area contributed by atoms with Crippen molar-refractivity contribution in [3.63, 3.8) is 0 Å². The van der Waals surface area contributed by atoms with Gasteiger partial charge in [0.1, 0.15) is 5.75 Å². The van der Waals surface area contributed by atoms with Crippen molar-refractivity contribution in [1.82, 2.24) is 9.78 Å². The van der Waals surface area contributed by atoms with Crippen LogP contribution in [0.2, 0.25) is 0 Å². The molecule has 28 heavy (non-hydrogen) atoms. The van der Waals surface area contributed by atoms with Crippen molar-refractivity contribution in [3.05, 3.63) is 97.3 Å². The lowest BCUT2D eigenvalue weighted by molar-refractivity contribution is -0.118. The summed E-state index contributed by atoms with van der Waals surface area (Å²) in [4.78, 5) is 12.1. The van der Waals surface area contributed by atoms with Gasteiger partial charge >= 0.3 is 0 Å². The summed E-state index contributed by atoms with van der Waals surface area (Å²) in [5.74, 6) is 0.425. The molecule has 1 amide bonds. The molecule has 0 atom stereocenters. The number of aromatic nitrogens is 2. The van der Waals surface area contributed by atoms with E-state index in [1.165, 1.54) is 0 Å². The van der Waals surface area contributed by atoms with Crippen LogP contribution in [0.15, 0.2) is 97.3 Å². The van der Waals surface area contributed by atoms with Crippen molar-refractivity contribution >= 4 is 11.6 Å². The minimum Gasteiger partial charge on any atom is -0.484 e. The molecule has 0 aliphatic rings. The number of hydrogen-bond donors (Lipinski definition) is 1. The molecule has 138 valence electrons. The van der Waals surface area contributed by atoms with E-state index in [1.807, 2.05) is 79.0 Å². The number of carbonyl (C=O) groups excluding carboxylic acids is 1. The normalized spacial score (nSPS) is 10.4. The standard InChI is InChI=1S/C23H19N3O2/c27-23(17-28-22-13-11-21(12-14-22)26-16-4-15-24-26)25-20-9-7-19(8-10-20)18-5-2-1-3-6-18/h1-16H,17H2,(H,25,27). The molecule has 0 saturated carbocycles. The molecular weight excluding hydrogens is 350 g/mol. The Hall–Kier alpha value is -3.86. The molecule has 0 fully saturated rings. The van der Waals surface area contributed by atoms with Crippen molar-refractivity contribution in [2.45, 2.75) is 0 Å². The summed E-state index contributed by atoms with van der Waals surface area (Å²) < 4.78 is 7.32. The lowest BCUT2D eigenvalue weighted by Crippen LogP contribution is -2.20. The third kappa shape index (κ3) is 4.27. The number of amides is 1. The average molecular weight is 369 g/mol. The Labute approximate surface area is 163 Å². The Bertz CT molecular complexity index is 1030. The number of benzene rings is 3. The number of carbonyl (C=O) groups is 1. The van der Waals surface area contributed by atoms with E-state index in [2.05, 4.69) is 22.5 Å². The fraction of sp³-hybridized carbons (Fsp3) is 0.0435. The molecule has 0 spiro atoms. The Morgan fingerprint density at radius 3 is 2.25 bits per heavy atom. The highest BCUT2D eigenvalue weighted by Crippen LogP contribution is 2.21. The van der Waals surface area contributed by atoms with Crippen LogP contribution in [-0.4, -0.2) is 22.3 Å². The van der Waals surface area contributed by atoms with Crippen molar-refractivity contribution in [2.75, 3.05) is 11.9 Å². The van der Waals surface area contributed by atoms with Crippen LogP contribution in [0, 0.1) is 0 Å². The zero-order valence-electron chi connectivity index (χ0n) is 15.2. The molecule has 5 heteroatoms. The molecule has 0 aliphatic carbocycles. The molecule has 3 aromatic carbocycles. The Morgan fingerprint density at radius 2 is 1.57 bits per heavy atom. The first-order valence-corrected chi connectivity index (χ1v) is 8.96. The molecule has 0 unspecified atom stereocenters. The van der Waals surface area contributed by atoms with Gasteiger partial charge in [-0.25, -0.2) is 4.68 Å². The largest absolute Gasteiger partial charge is 0.484 e. The minimum absolute atomic E-state index is 0.0540. The summed E-state index contributed by atoms with van der Waals surface area (Å²) in [6.45, 7) is -0.0540. The highest BCUT2D eigenvalue weighted by atomic mass is 16.5. The summed E-state index contributed by atoms with van der Waals surface area (Å²) in [7, 11) is 0. The summed E-state index contributed by atoms with van der Waals surface area (Å²) in [6, 6.07) is 27.1. The topological polar surface area (TPSA) is 56.2 Å². The molecule has 5 nitrogen and oxygen atoms in total. The molecule has 0 aliphatic heterocycles. The number of rotatable bonds is 6. The van der Waals surface area contributed by atoms with E-state index in [4.69, 9.17) is 4.74 Å². The quantitative estimate of drug-likeness (QED) is 0.542. The smallest absolute Gasteiger partial charge is 0.262 e. The zero-order chi connectivity index (χ0) is 19.2. The molecule has 4 aromatic rings. The maximum atomic E-state index is 12.1. The highest BCUT2D eigenvalue weighted by Gasteiger charge is 2.05. The molecule has 1 heterocycles. The van der Waals surface area contributed by atoms with Gasteiger partial charge in [-0.1, -0.05) is 42.5 Å². The lowest BCUT2D eigenvalue weighted by atomic mass is 10.1. The van der Waals surface area contributed by atoms with E-state index in [-0.39, 0.29) is 12.5 Å². The van der Waals surface area contributed by atoms with Crippen molar-refractivity contribution in [1.29, 1.82) is 0 Å². The summed E-state index contributed by atoms with van der Waals surface area (Å²) in [6.07, 6.45) is 3.59. The number of hydrogen-bond acceptors (Lipinski definition) is 3. The van der Waals surface area contributed by atoms with Crippen molar-refractivity contribution in [2.24, 2.45) is 0 Å². The van der Waals surface area contributed by atoms with E-state index in [9.17, 15) is 4.79 Å². The Kier molecular flexibility index (Phi) is 5.15. The lowest BCUT2D eigenvalue weighted by Gasteiger charge is -2.09. The van der Waals surface area contributed by atoms with Gasteiger partial charge in [0, 0.05) is 18.1 Å². The van der Waals surface area contributed by atoms with Gasteiger partial charge in [0.15, 0.2) is 6.61 Å². The monoisotopic (exact) mass is 369 g/mol. The van der Waals surface area contributed by atoms with Gasteiger partial charge in [-0.3, -0.25) is 4.79 Å². The van der Waals surface area contributed by atoms with E-state index in [0.29, 0.717) is 5.75 Å². The summed E-state index contributed by atoms with van der Waals surface area (Å²) in [5, 5.41) is 7.02. The number of ether oxygens (including phenoxy) is 1. The second-order valence-electron chi connectivity index (χ2n) is 6.22. The third-order valence-electron chi connectivity index (χ3n) is 4.25. The Morgan fingerprint density at radius 1 is 0.857 bits per heavy atom. The van der Waals surface area contributed by atoms with Gasteiger partial charge in [-0.2, -0.15) is 5.10 Å². The summed E-state index contributed by atoms with van der Waals surface area (Å²) >= 11 is 0. The molecule has 0 radical (unpaired) electrons. The summed E-state index contributed by atoms with van der Waals surface area (Å²) in [5.41, 5.74) is 3.91. The van der Waals surface area contributed by atoms with Gasteiger partial charge in [0.25, 0.3) is 5.91 Å². The molecule has 0 bridgehead atoms. The van der Waals surface area contributed by atoms with E-state index < -0.39 is 0 Å². The molecule has 1 N–H and O–H groups in total. The van der Waals surface area contributed by atoms with Crippen LogP contribution in [0.4, 0.5) is 5.69 Å². The van der Waals surface area contributed by atoms with Crippen molar-refractivity contribution in [3.8, 4) is 22.6 Å². The SMILES string of the molecule is O=C(COc1ccc(-n2cccn2)cc1)Nc1ccc(-c2ccccc2)cc1. The van der Waals surface area contributed by atoms with Gasteiger partial charge in [0.05, 0.1) is 5.69 Å². The van der Waals surface area contributed by atoms with Crippen molar-refractivity contribution < 1.29 is 9.53 Å². The number of nitrogens with zero attached hydrogens (tertiary/aromatic N) is 2. The van der Waals surface area contributed by atoms with Crippen LogP contribution in [0.25, 0.3) is 16.8 Å². The van der Waals surface area contributed by atoms with Crippen LogP contribution >= 0.6 is 0 Å². The predicted molar refractivity (Wildman–Crippen MR) is 110 cm³/mol. The van der Waals surface area contributed by atoms with Crippen LogP contribution in [0.3, 0.4) is 0 Å². The third-order valence-corrected chi connectivity index (χ3v) is 4.25. The van der Waals surface area contributed by atoms with Crippen LogP contribution in [0.1, 0.15) is 0 Å².